The van der Waals surface area contributed by atoms with E-state index in [4.69, 9.17) is 4.99 Å². The molecule has 2 aromatic rings. The molecule has 1 atom stereocenters. The average Bonchev–Trinajstić information content (AvgIpc) is 2.68. The van der Waals surface area contributed by atoms with Gasteiger partial charge in [0, 0.05) is 17.1 Å². The minimum absolute atomic E-state index is 0.181. The number of para-hydroxylation sites is 1. The van der Waals surface area contributed by atoms with E-state index in [1.54, 1.807) is 0 Å². The van der Waals surface area contributed by atoms with Gasteiger partial charge in [-0.05, 0) is 69.3 Å². The minimum atomic E-state index is 0.181. The molecule has 3 heteroatoms. The van der Waals surface area contributed by atoms with Crippen molar-refractivity contribution in [2.45, 2.75) is 45.1 Å². The lowest BCUT2D eigenvalue weighted by molar-refractivity contribution is 0.292. The van der Waals surface area contributed by atoms with Crippen molar-refractivity contribution in [2.75, 3.05) is 18.4 Å². The van der Waals surface area contributed by atoms with Gasteiger partial charge >= 0.3 is 0 Å². The highest BCUT2D eigenvalue weighted by molar-refractivity contribution is 6.02. The second-order valence-electron chi connectivity index (χ2n) is 7.84. The van der Waals surface area contributed by atoms with Crippen LogP contribution in [0.5, 0.6) is 0 Å². The van der Waals surface area contributed by atoms with Gasteiger partial charge < -0.3 is 10.6 Å². The summed E-state index contributed by atoms with van der Waals surface area (Å²) in [7, 11) is 0. The lowest BCUT2D eigenvalue weighted by atomic mass is 9.71. The van der Waals surface area contributed by atoms with Gasteiger partial charge in [-0.25, -0.2) is 0 Å². The zero-order valence-electron chi connectivity index (χ0n) is 15.7. The van der Waals surface area contributed by atoms with Crippen molar-refractivity contribution < 1.29 is 0 Å². The van der Waals surface area contributed by atoms with Crippen LogP contribution in [0.4, 0.5) is 5.69 Å². The summed E-state index contributed by atoms with van der Waals surface area (Å²) in [6, 6.07) is 19.8. The van der Waals surface area contributed by atoms with Crippen molar-refractivity contribution in [3.63, 3.8) is 0 Å². The molecular weight excluding hydrogens is 318 g/mol. The molecule has 1 spiro atoms. The molecule has 0 amide bonds. The summed E-state index contributed by atoms with van der Waals surface area (Å²) in [4.78, 5) is 5.20. The summed E-state index contributed by atoms with van der Waals surface area (Å²) in [5.74, 6) is 1.22. The van der Waals surface area contributed by atoms with Crippen LogP contribution in [-0.2, 0) is 12.8 Å². The van der Waals surface area contributed by atoms with Crippen LogP contribution in [0.3, 0.4) is 0 Å². The molecule has 3 nitrogen and oxygen atoms in total. The number of amidine groups is 1. The third-order valence-corrected chi connectivity index (χ3v) is 5.91. The van der Waals surface area contributed by atoms with Crippen LogP contribution >= 0.6 is 0 Å². The first-order chi connectivity index (χ1) is 12.8. The Morgan fingerprint density at radius 1 is 1.00 bits per heavy atom. The summed E-state index contributed by atoms with van der Waals surface area (Å²) in [5, 5.41) is 7.23. The molecule has 4 rings (SSSR count). The topological polar surface area (TPSA) is 36.4 Å². The van der Waals surface area contributed by atoms with Crippen molar-refractivity contribution in [1.82, 2.24) is 5.32 Å². The molecule has 0 aromatic heterocycles. The van der Waals surface area contributed by atoms with E-state index in [0.29, 0.717) is 6.04 Å². The molecule has 1 unspecified atom stereocenters. The van der Waals surface area contributed by atoms with Gasteiger partial charge in [0.05, 0.1) is 0 Å². The zero-order chi connectivity index (χ0) is 17.8. The zero-order valence-corrected chi connectivity index (χ0v) is 15.7. The Morgan fingerprint density at radius 2 is 1.73 bits per heavy atom. The Labute approximate surface area is 156 Å². The van der Waals surface area contributed by atoms with Crippen molar-refractivity contribution in [1.29, 1.82) is 0 Å². The second kappa shape index (κ2) is 7.63. The fourth-order valence-electron chi connectivity index (χ4n) is 4.30. The fraction of sp³-hybridized carbons (Fsp3) is 0.435. The van der Waals surface area contributed by atoms with E-state index in [0.717, 1.165) is 32.4 Å². The number of hydrogen-bond donors (Lipinski definition) is 2. The second-order valence-corrected chi connectivity index (χ2v) is 7.84. The van der Waals surface area contributed by atoms with E-state index >= 15 is 0 Å². The summed E-state index contributed by atoms with van der Waals surface area (Å²) in [5.41, 5.74) is 4.26. The summed E-state index contributed by atoms with van der Waals surface area (Å²) in [6.07, 6.45) is 5.62. The number of hydrogen-bond acceptors (Lipinski definition) is 2. The van der Waals surface area contributed by atoms with Crippen molar-refractivity contribution in [3.8, 4) is 0 Å². The number of nitrogens with zero attached hydrogens (tertiary/aromatic N) is 1. The predicted octanol–water partition coefficient (Wildman–Crippen LogP) is 4.44. The Kier molecular flexibility index (Phi) is 5.07. The van der Waals surface area contributed by atoms with Gasteiger partial charge in [0.2, 0.25) is 0 Å². The third-order valence-electron chi connectivity index (χ3n) is 5.91. The first-order valence-electron chi connectivity index (χ1n) is 9.93. The minimum Gasteiger partial charge on any atom is -0.343 e. The molecule has 1 saturated heterocycles. The maximum absolute atomic E-state index is 5.20. The molecule has 26 heavy (non-hydrogen) atoms. The fourth-order valence-corrected chi connectivity index (χ4v) is 4.30. The predicted molar refractivity (Wildman–Crippen MR) is 110 cm³/mol. The molecule has 0 bridgehead atoms. The molecule has 0 aliphatic carbocycles. The van der Waals surface area contributed by atoms with E-state index in [1.165, 1.54) is 35.5 Å². The number of piperidine rings is 1. The standard InChI is InChI=1S/C23H29N3/c1-18(11-12-19-7-3-2-4-8-19)25-22-23(13-15-24-16-14-23)17-20-9-5-6-10-21(20)26-22/h2-10,18,24H,11-17H2,1H3,(H,25,26). The molecule has 136 valence electrons. The molecule has 2 heterocycles. The number of nitrogens with one attached hydrogen (secondary N) is 2. The van der Waals surface area contributed by atoms with E-state index in [9.17, 15) is 0 Å². The number of fused-ring (bicyclic) bond motifs is 1. The summed E-state index contributed by atoms with van der Waals surface area (Å²) >= 11 is 0. The van der Waals surface area contributed by atoms with Crippen molar-refractivity contribution >= 4 is 11.5 Å². The molecule has 0 saturated carbocycles. The van der Waals surface area contributed by atoms with Crippen LogP contribution in [0.1, 0.15) is 37.3 Å². The first-order valence-corrected chi connectivity index (χ1v) is 9.93. The Hall–Kier alpha value is -2.13. The lowest BCUT2D eigenvalue weighted by Gasteiger charge is -2.43. The van der Waals surface area contributed by atoms with Crippen LogP contribution in [0, 0.1) is 5.41 Å². The number of anilines is 1. The van der Waals surface area contributed by atoms with Crippen LogP contribution in [0.25, 0.3) is 0 Å². The van der Waals surface area contributed by atoms with E-state index < -0.39 is 0 Å². The van der Waals surface area contributed by atoms with Crippen LogP contribution in [0.15, 0.2) is 59.6 Å². The molecule has 0 radical (unpaired) electrons. The Morgan fingerprint density at radius 3 is 2.54 bits per heavy atom. The van der Waals surface area contributed by atoms with E-state index in [-0.39, 0.29) is 5.41 Å². The SMILES string of the molecule is CC(CCc1ccccc1)N=C1Nc2ccccc2CC12CCNCC2. The summed E-state index contributed by atoms with van der Waals surface area (Å²) < 4.78 is 0. The van der Waals surface area contributed by atoms with Gasteiger partial charge in [-0.3, -0.25) is 4.99 Å². The molecular formula is C23H29N3. The van der Waals surface area contributed by atoms with Crippen LogP contribution < -0.4 is 10.6 Å². The number of aryl methyl sites for hydroxylation is 1. The smallest absolute Gasteiger partial charge is 0.108 e. The first kappa shape index (κ1) is 17.3. The lowest BCUT2D eigenvalue weighted by Crippen LogP contribution is -2.49. The van der Waals surface area contributed by atoms with Gasteiger partial charge in [0.1, 0.15) is 5.84 Å². The van der Waals surface area contributed by atoms with Gasteiger partial charge in [0.15, 0.2) is 0 Å². The van der Waals surface area contributed by atoms with Crippen molar-refractivity contribution in [3.05, 3.63) is 65.7 Å². The Balaban J connectivity index is 1.54. The molecule has 2 N–H and O–H groups in total. The van der Waals surface area contributed by atoms with Gasteiger partial charge in [-0.1, -0.05) is 48.5 Å². The molecule has 2 aliphatic rings. The highest BCUT2D eigenvalue weighted by Crippen LogP contribution is 2.41. The number of benzene rings is 2. The highest BCUT2D eigenvalue weighted by Gasteiger charge is 2.41. The summed E-state index contributed by atoms with van der Waals surface area (Å²) in [6.45, 7) is 4.43. The third kappa shape index (κ3) is 3.68. The molecule has 2 aromatic carbocycles. The van der Waals surface area contributed by atoms with Crippen LogP contribution in [0.2, 0.25) is 0 Å². The normalized spacial score (nSPS) is 21.2. The highest BCUT2D eigenvalue weighted by atomic mass is 15.1. The van der Waals surface area contributed by atoms with Crippen molar-refractivity contribution in [2.24, 2.45) is 10.4 Å². The van der Waals surface area contributed by atoms with E-state index in [1.807, 2.05) is 0 Å². The number of rotatable bonds is 4. The maximum Gasteiger partial charge on any atom is 0.108 e. The monoisotopic (exact) mass is 347 g/mol. The van der Waals surface area contributed by atoms with Gasteiger partial charge in [-0.15, -0.1) is 0 Å². The van der Waals surface area contributed by atoms with Crippen LogP contribution in [-0.4, -0.2) is 25.0 Å². The molecule has 1 fully saturated rings. The largest absolute Gasteiger partial charge is 0.343 e. The molecule has 2 aliphatic heterocycles. The average molecular weight is 348 g/mol. The maximum atomic E-state index is 5.20. The quantitative estimate of drug-likeness (QED) is 0.857. The van der Waals surface area contributed by atoms with E-state index in [2.05, 4.69) is 72.2 Å². The Bertz CT molecular complexity index is 760. The van der Waals surface area contributed by atoms with Gasteiger partial charge in [0.25, 0.3) is 0 Å². The van der Waals surface area contributed by atoms with Gasteiger partial charge in [-0.2, -0.15) is 0 Å². The number of aliphatic imine (C=N–C) groups is 1.